The highest BCUT2D eigenvalue weighted by molar-refractivity contribution is 7.12. The molecule has 2 aliphatic rings. The summed E-state index contributed by atoms with van der Waals surface area (Å²) in [6.07, 6.45) is 4.31. The molecule has 110 valence electrons. The Morgan fingerprint density at radius 2 is 2.25 bits per heavy atom. The molecule has 1 aliphatic carbocycles. The summed E-state index contributed by atoms with van der Waals surface area (Å²) in [5.74, 6) is -1.54. The summed E-state index contributed by atoms with van der Waals surface area (Å²) in [5, 5.41) is 9.20. The van der Waals surface area contributed by atoms with E-state index >= 15 is 0 Å². The molecule has 1 fully saturated rings. The molecule has 5 heteroatoms. The summed E-state index contributed by atoms with van der Waals surface area (Å²) in [4.78, 5) is 13.6. The van der Waals surface area contributed by atoms with E-state index in [1.165, 1.54) is 4.88 Å². The highest BCUT2D eigenvalue weighted by atomic mass is 32.1. The average Bonchev–Trinajstić information content (AvgIpc) is 3.04. The minimum Gasteiger partial charge on any atom is -0.481 e. The summed E-state index contributed by atoms with van der Waals surface area (Å²) < 4.78 is 11.7. The standard InChI is InChI=1S/C15H20O4S/c1-2-10(14(16)17)8-11-9-12-13(20-11)4-3-5-15(12)18-6-7-19-15/h9-10H,2-8H2,1H3,(H,16,17). The third-order valence-corrected chi connectivity index (χ3v) is 5.44. The molecule has 4 nitrogen and oxygen atoms in total. The van der Waals surface area contributed by atoms with E-state index in [1.807, 2.05) is 6.92 Å². The largest absolute Gasteiger partial charge is 0.481 e. The van der Waals surface area contributed by atoms with Crippen LogP contribution in [0.25, 0.3) is 0 Å². The van der Waals surface area contributed by atoms with Crippen LogP contribution in [0.15, 0.2) is 6.07 Å². The third kappa shape index (κ3) is 2.38. The average molecular weight is 296 g/mol. The Bertz CT molecular complexity index is 502. The molecule has 0 radical (unpaired) electrons. The number of carbonyl (C=O) groups is 1. The van der Waals surface area contributed by atoms with Gasteiger partial charge >= 0.3 is 5.97 Å². The zero-order valence-electron chi connectivity index (χ0n) is 11.7. The van der Waals surface area contributed by atoms with E-state index in [2.05, 4.69) is 6.07 Å². The quantitative estimate of drug-likeness (QED) is 0.928. The van der Waals surface area contributed by atoms with Gasteiger partial charge < -0.3 is 14.6 Å². The van der Waals surface area contributed by atoms with Gasteiger partial charge in [0.2, 0.25) is 0 Å². The lowest BCUT2D eigenvalue weighted by Gasteiger charge is -2.31. The summed E-state index contributed by atoms with van der Waals surface area (Å²) in [6, 6.07) is 2.12. The number of thiophene rings is 1. The van der Waals surface area contributed by atoms with Gasteiger partial charge in [-0.05, 0) is 31.7 Å². The van der Waals surface area contributed by atoms with Crippen molar-refractivity contribution in [2.75, 3.05) is 13.2 Å². The van der Waals surface area contributed by atoms with Crippen LogP contribution in [0.1, 0.15) is 41.5 Å². The van der Waals surface area contributed by atoms with Crippen LogP contribution in [0, 0.1) is 5.92 Å². The molecule has 1 N–H and O–H groups in total. The van der Waals surface area contributed by atoms with Crippen LogP contribution in [0.3, 0.4) is 0 Å². The van der Waals surface area contributed by atoms with Crippen molar-refractivity contribution < 1.29 is 19.4 Å². The fraction of sp³-hybridized carbons (Fsp3) is 0.667. The van der Waals surface area contributed by atoms with E-state index in [0.717, 1.165) is 29.7 Å². The van der Waals surface area contributed by atoms with E-state index in [-0.39, 0.29) is 5.92 Å². The highest BCUT2D eigenvalue weighted by Gasteiger charge is 2.43. The first kappa shape index (κ1) is 14.0. The Balaban J connectivity index is 1.86. The molecule has 20 heavy (non-hydrogen) atoms. The first-order valence-corrected chi connectivity index (χ1v) is 8.09. The molecule has 1 atom stereocenters. The fourth-order valence-corrected chi connectivity index (χ4v) is 4.46. The van der Waals surface area contributed by atoms with Crippen LogP contribution in [-0.2, 0) is 32.9 Å². The van der Waals surface area contributed by atoms with Crippen molar-refractivity contribution in [2.45, 2.75) is 44.8 Å². The number of rotatable bonds is 4. The molecule has 3 rings (SSSR count). The predicted octanol–water partition coefficient (Wildman–Crippen LogP) is 2.94. The van der Waals surface area contributed by atoms with Gasteiger partial charge in [-0.3, -0.25) is 4.79 Å². The van der Waals surface area contributed by atoms with Crippen LogP contribution < -0.4 is 0 Å². The topological polar surface area (TPSA) is 55.8 Å². The monoisotopic (exact) mass is 296 g/mol. The second-order valence-corrected chi connectivity index (χ2v) is 6.72. The van der Waals surface area contributed by atoms with Crippen molar-refractivity contribution in [3.05, 3.63) is 21.4 Å². The van der Waals surface area contributed by atoms with Gasteiger partial charge in [-0.2, -0.15) is 0 Å². The molecule has 1 unspecified atom stereocenters. The molecule has 0 amide bonds. The predicted molar refractivity (Wildman–Crippen MR) is 76.0 cm³/mol. The van der Waals surface area contributed by atoms with Gasteiger partial charge in [0, 0.05) is 21.7 Å². The van der Waals surface area contributed by atoms with Crippen LogP contribution in [0.2, 0.25) is 0 Å². The second-order valence-electron chi connectivity index (χ2n) is 5.50. The lowest BCUT2D eigenvalue weighted by molar-refractivity contribution is -0.175. The molecule has 1 aliphatic heterocycles. The second kappa shape index (κ2) is 5.47. The molecule has 0 saturated carbocycles. The van der Waals surface area contributed by atoms with Crippen LogP contribution in [-0.4, -0.2) is 24.3 Å². The summed E-state index contributed by atoms with van der Waals surface area (Å²) in [5.41, 5.74) is 1.15. The van der Waals surface area contributed by atoms with Crippen LogP contribution >= 0.6 is 11.3 Å². The summed E-state index contributed by atoms with van der Waals surface area (Å²) >= 11 is 1.73. The van der Waals surface area contributed by atoms with Crippen molar-refractivity contribution in [3.63, 3.8) is 0 Å². The van der Waals surface area contributed by atoms with E-state index in [9.17, 15) is 9.90 Å². The molecule has 1 saturated heterocycles. The number of hydrogen-bond acceptors (Lipinski definition) is 4. The van der Waals surface area contributed by atoms with E-state index in [1.54, 1.807) is 11.3 Å². The molecule has 0 bridgehead atoms. The van der Waals surface area contributed by atoms with Gasteiger partial charge in [0.15, 0.2) is 5.79 Å². The Morgan fingerprint density at radius 3 is 2.90 bits per heavy atom. The van der Waals surface area contributed by atoms with Crippen LogP contribution in [0.5, 0.6) is 0 Å². The van der Waals surface area contributed by atoms with Crippen molar-refractivity contribution in [2.24, 2.45) is 5.92 Å². The maximum Gasteiger partial charge on any atom is 0.306 e. The Morgan fingerprint density at radius 1 is 1.50 bits per heavy atom. The zero-order chi connectivity index (χ0) is 14.2. The first-order chi connectivity index (χ1) is 9.64. The molecule has 2 heterocycles. The fourth-order valence-electron chi connectivity index (χ4n) is 3.11. The molecular weight excluding hydrogens is 276 g/mol. The van der Waals surface area contributed by atoms with Gasteiger partial charge in [0.1, 0.15) is 0 Å². The Hall–Kier alpha value is -0.910. The Kier molecular flexibility index (Phi) is 3.84. The summed E-state index contributed by atoms with van der Waals surface area (Å²) in [7, 11) is 0. The molecule has 1 aromatic rings. The molecule has 0 aromatic carbocycles. The van der Waals surface area contributed by atoms with Crippen molar-refractivity contribution >= 4 is 17.3 Å². The number of ether oxygens (including phenoxy) is 2. The summed E-state index contributed by atoms with van der Waals surface area (Å²) in [6.45, 7) is 3.23. The van der Waals surface area contributed by atoms with Gasteiger partial charge in [0.05, 0.1) is 19.1 Å². The number of carboxylic acids is 1. The zero-order valence-corrected chi connectivity index (χ0v) is 12.5. The van der Waals surface area contributed by atoms with E-state index in [4.69, 9.17) is 9.47 Å². The third-order valence-electron chi connectivity index (χ3n) is 4.22. The van der Waals surface area contributed by atoms with E-state index in [0.29, 0.717) is 26.1 Å². The van der Waals surface area contributed by atoms with Gasteiger partial charge in [-0.25, -0.2) is 0 Å². The normalized spacial score (nSPS) is 21.9. The maximum atomic E-state index is 11.2. The first-order valence-electron chi connectivity index (χ1n) is 7.27. The minimum absolute atomic E-state index is 0.295. The smallest absolute Gasteiger partial charge is 0.306 e. The Labute approximate surface area is 122 Å². The number of aryl methyl sites for hydroxylation is 1. The highest BCUT2D eigenvalue weighted by Crippen LogP contribution is 2.45. The number of hydrogen-bond donors (Lipinski definition) is 1. The number of fused-ring (bicyclic) bond motifs is 2. The van der Waals surface area contributed by atoms with E-state index < -0.39 is 11.8 Å². The molecule has 1 aromatic heterocycles. The minimum atomic E-state index is -0.707. The van der Waals surface area contributed by atoms with Gasteiger partial charge in [-0.15, -0.1) is 11.3 Å². The SMILES string of the molecule is CCC(Cc1cc2c(s1)CCCC21OCCO1)C(=O)O. The molecular formula is C15H20O4S. The van der Waals surface area contributed by atoms with Crippen molar-refractivity contribution in [1.82, 2.24) is 0 Å². The number of carboxylic acid groups (broad SMARTS) is 1. The van der Waals surface area contributed by atoms with Crippen molar-refractivity contribution in [3.8, 4) is 0 Å². The maximum absolute atomic E-state index is 11.2. The van der Waals surface area contributed by atoms with Crippen molar-refractivity contribution in [1.29, 1.82) is 0 Å². The lowest BCUT2D eigenvalue weighted by atomic mass is 9.91. The van der Waals surface area contributed by atoms with Crippen LogP contribution in [0.4, 0.5) is 0 Å². The van der Waals surface area contributed by atoms with Gasteiger partial charge in [0.25, 0.3) is 0 Å². The molecule has 1 spiro atoms. The van der Waals surface area contributed by atoms with Gasteiger partial charge in [-0.1, -0.05) is 6.92 Å². The number of aliphatic carboxylic acids is 1. The lowest BCUT2D eigenvalue weighted by Crippen LogP contribution is -2.30.